The van der Waals surface area contributed by atoms with Crippen molar-refractivity contribution in [1.29, 1.82) is 0 Å². The largest absolute Gasteiger partial charge is 0.293 e. The minimum atomic E-state index is -0.343. The quantitative estimate of drug-likeness (QED) is 0.580. The SMILES string of the molecule is O=c1c2nnn(-c3ccccc3)c2ncn1Cc1cccc(F)c1. The Morgan fingerprint density at radius 1 is 1.04 bits per heavy atom. The summed E-state index contributed by atoms with van der Waals surface area (Å²) in [5.41, 5.74) is 1.70. The van der Waals surface area contributed by atoms with E-state index in [2.05, 4.69) is 15.3 Å². The van der Waals surface area contributed by atoms with E-state index in [0.29, 0.717) is 11.2 Å². The summed E-state index contributed by atoms with van der Waals surface area (Å²) in [7, 11) is 0. The Hall–Kier alpha value is -3.35. The molecule has 0 saturated heterocycles. The number of rotatable bonds is 3. The maximum Gasteiger partial charge on any atom is 0.283 e. The average molecular weight is 321 g/mol. The van der Waals surface area contributed by atoms with E-state index in [1.807, 2.05) is 30.3 Å². The highest BCUT2D eigenvalue weighted by molar-refractivity contribution is 5.70. The molecule has 0 atom stereocenters. The van der Waals surface area contributed by atoms with E-state index in [0.717, 1.165) is 5.69 Å². The molecule has 0 fully saturated rings. The van der Waals surface area contributed by atoms with Gasteiger partial charge in [-0.15, -0.1) is 5.10 Å². The normalized spacial score (nSPS) is 11.0. The topological polar surface area (TPSA) is 65.6 Å². The van der Waals surface area contributed by atoms with Crippen LogP contribution in [0.1, 0.15) is 5.56 Å². The van der Waals surface area contributed by atoms with Crippen molar-refractivity contribution in [2.24, 2.45) is 0 Å². The van der Waals surface area contributed by atoms with Crippen LogP contribution >= 0.6 is 0 Å². The summed E-state index contributed by atoms with van der Waals surface area (Å²) in [4.78, 5) is 16.9. The average Bonchev–Trinajstić information content (AvgIpc) is 3.03. The molecule has 0 N–H and O–H groups in total. The molecule has 118 valence electrons. The molecule has 2 heterocycles. The van der Waals surface area contributed by atoms with Crippen molar-refractivity contribution < 1.29 is 4.39 Å². The number of halogens is 1. The molecule has 4 aromatic rings. The van der Waals surface area contributed by atoms with Crippen LogP contribution in [-0.4, -0.2) is 24.5 Å². The van der Waals surface area contributed by atoms with Crippen LogP contribution in [0.25, 0.3) is 16.9 Å². The molecule has 2 aromatic heterocycles. The van der Waals surface area contributed by atoms with Gasteiger partial charge in [-0.3, -0.25) is 9.36 Å². The van der Waals surface area contributed by atoms with Crippen LogP contribution in [0.2, 0.25) is 0 Å². The summed E-state index contributed by atoms with van der Waals surface area (Å²) in [5, 5.41) is 7.98. The molecule has 0 aliphatic carbocycles. The molecule has 0 radical (unpaired) electrons. The number of fused-ring (bicyclic) bond motifs is 1. The van der Waals surface area contributed by atoms with E-state index >= 15 is 0 Å². The van der Waals surface area contributed by atoms with Crippen molar-refractivity contribution in [2.45, 2.75) is 6.54 Å². The first kappa shape index (κ1) is 14.3. The summed E-state index contributed by atoms with van der Waals surface area (Å²) < 4.78 is 16.2. The number of nitrogens with zero attached hydrogens (tertiary/aromatic N) is 5. The van der Waals surface area contributed by atoms with E-state index in [1.54, 1.807) is 12.1 Å². The fourth-order valence-electron chi connectivity index (χ4n) is 2.53. The molecule has 0 aliphatic heterocycles. The highest BCUT2D eigenvalue weighted by atomic mass is 19.1. The van der Waals surface area contributed by atoms with Gasteiger partial charge in [-0.25, -0.2) is 9.37 Å². The van der Waals surface area contributed by atoms with Gasteiger partial charge in [0, 0.05) is 0 Å². The molecule has 0 amide bonds. The number of para-hydroxylation sites is 1. The fourth-order valence-corrected chi connectivity index (χ4v) is 2.53. The van der Waals surface area contributed by atoms with Gasteiger partial charge in [-0.2, -0.15) is 4.68 Å². The van der Waals surface area contributed by atoms with Crippen LogP contribution in [-0.2, 0) is 6.54 Å². The van der Waals surface area contributed by atoms with Crippen LogP contribution < -0.4 is 5.56 Å². The molecule has 2 aromatic carbocycles. The highest BCUT2D eigenvalue weighted by Crippen LogP contribution is 2.11. The molecular weight excluding hydrogens is 309 g/mol. The Balaban J connectivity index is 1.78. The third kappa shape index (κ3) is 2.45. The number of benzene rings is 2. The highest BCUT2D eigenvalue weighted by Gasteiger charge is 2.13. The molecule has 0 aliphatic rings. The second-order valence-electron chi connectivity index (χ2n) is 5.32. The first-order chi connectivity index (χ1) is 11.7. The lowest BCUT2D eigenvalue weighted by Gasteiger charge is -2.05. The van der Waals surface area contributed by atoms with Gasteiger partial charge < -0.3 is 0 Å². The number of aromatic nitrogens is 5. The standard InChI is InChI=1S/C17H12FN5O/c18-13-6-4-5-12(9-13)10-22-11-19-16-15(17(22)24)20-21-23(16)14-7-2-1-3-8-14/h1-9,11H,10H2. The van der Waals surface area contributed by atoms with Crippen molar-refractivity contribution >= 4 is 11.2 Å². The van der Waals surface area contributed by atoms with Gasteiger partial charge in [0.1, 0.15) is 12.1 Å². The molecule has 4 rings (SSSR count). The van der Waals surface area contributed by atoms with Crippen LogP contribution in [0.15, 0.2) is 65.7 Å². The zero-order chi connectivity index (χ0) is 16.5. The monoisotopic (exact) mass is 321 g/mol. The molecule has 0 unspecified atom stereocenters. The van der Waals surface area contributed by atoms with Crippen LogP contribution in [0.4, 0.5) is 4.39 Å². The first-order valence-electron chi connectivity index (χ1n) is 7.33. The summed E-state index contributed by atoms with van der Waals surface area (Å²) >= 11 is 0. The van der Waals surface area contributed by atoms with Gasteiger partial charge >= 0.3 is 0 Å². The van der Waals surface area contributed by atoms with E-state index in [4.69, 9.17) is 0 Å². The second-order valence-corrected chi connectivity index (χ2v) is 5.32. The maximum absolute atomic E-state index is 13.3. The molecule has 6 nitrogen and oxygen atoms in total. The third-order valence-corrected chi connectivity index (χ3v) is 3.67. The molecule has 7 heteroatoms. The number of hydrogen-bond acceptors (Lipinski definition) is 4. The zero-order valence-corrected chi connectivity index (χ0v) is 12.5. The fraction of sp³-hybridized carbons (Fsp3) is 0.0588. The van der Waals surface area contributed by atoms with Gasteiger partial charge in [0.2, 0.25) is 0 Å². The smallest absolute Gasteiger partial charge is 0.283 e. The van der Waals surface area contributed by atoms with Gasteiger partial charge in [-0.1, -0.05) is 35.5 Å². The van der Waals surface area contributed by atoms with Crippen molar-refractivity contribution in [3.63, 3.8) is 0 Å². The third-order valence-electron chi connectivity index (χ3n) is 3.67. The molecular formula is C17H12FN5O. The second kappa shape index (κ2) is 5.69. The van der Waals surface area contributed by atoms with Crippen LogP contribution in [0.3, 0.4) is 0 Å². The van der Waals surface area contributed by atoms with E-state index in [-0.39, 0.29) is 23.4 Å². The Morgan fingerprint density at radius 2 is 1.88 bits per heavy atom. The number of hydrogen-bond donors (Lipinski definition) is 0. The predicted molar refractivity (Wildman–Crippen MR) is 86.4 cm³/mol. The van der Waals surface area contributed by atoms with Crippen LogP contribution in [0, 0.1) is 5.82 Å². The maximum atomic E-state index is 13.3. The van der Waals surface area contributed by atoms with Gasteiger partial charge in [0.15, 0.2) is 11.2 Å². The summed E-state index contributed by atoms with van der Waals surface area (Å²) in [5.74, 6) is -0.343. The van der Waals surface area contributed by atoms with Gasteiger partial charge in [0.05, 0.1) is 12.2 Å². The van der Waals surface area contributed by atoms with E-state index in [1.165, 1.54) is 27.7 Å². The molecule has 0 saturated carbocycles. The van der Waals surface area contributed by atoms with Crippen LogP contribution in [0.5, 0.6) is 0 Å². The molecule has 0 spiro atoms. The molecule has 0 bridgehead atoms. The van der Waals surface area contributed by atoms with Crippen molar-refractivity contribution in [2.75, 3.05) is 0 Å². The van der Waals surface area contributed by atoms with E-state index in [9.17, 15) is 9.18 Å². The molecule has 24 heavy (non-hydrogen) atoms. The summed E-state index contributed by atoms with van der Waals surface area (Å²) in [6.07, 6.45) is 1.43. The first-order valence-corrected chi connectivity index (χ1v) is 7.33. The summed E-state index contributed by atoms with van der Waals surface area (Å²) in [6, 6.07) is 15.4. The minimum absolute atomic E-state index is 0.178. The minimum Gasteiger partial charge on any atom is -0.293 e. The van der Waals surface area contributed by atoms with Crippen molar-refractivity contribution in [3.8, 4) is 5.69 Å². The lowest BCUT2D eigenvalue weighted by molar-refractivity contribution is 0.622. The zero-order valence-electron chi connectivity index (χ0n) is 12.5. The summed E-state index contributed by atoms with van der Waals surface area (Å²) in [6.45, 7) is 0.220. The predicted octanol–water partition coefficient (Wildman–Crippen LogP) is 2.16. The Bertz CT molecular complexity index is 1070. The lowest BCUT2D eigenvalue weighted by Crippen LogP contribution is -2.21. The van der Waals surface area contributed by atoms with E-state index < -0.39 is 0 Å². The Kier molecular flexibility index (Phi) is 3.38. The van der Waals surface area contributed by atoms with Gasteiger partial charge in [-0.05, 0) is 29.8 Å². The Morgan fingerprint density at radius 3 is 2.67 bits per heavy atom. The van der Waals surface area contributed by atoms with Gasteiger partial charge in [0.25, 0.3) is 5.56 Å². The lowest BCUT2D eigenvalue weighted by atomic mass is 10.2. The van der Waals surface area contributed by atoms with Crippen molar-refractivity contribution in [1.82, 2.24) is 24.5 Å². The van der Waals surface area contributed by atoms with Crippen molar-refractivity contribution in [3.05, 3.63) is 82.7 Å². The Labute approximate surface area is 135 Å².